The minimum Gasteiger partial charge on any atom is -0.482 e. The van der Waals surface area contributed by atoms with Gasteiger partial charge >= 0.3 is 5.97 Å². The number of fused-ring (bicyclic) bond motifs is 4. The first-order chi connectivity index (χ1) is 25.6. The van der Waals surface area contributed by atoms with Crippen LogP contribution in [0.5, 0.6) is 11.5 Å². The van der Waals surface area contributed by atoms with Gasteiger partial charge in [-0.3, -0.25) is 4.79 Å². The molecule has 0 radical (unpaired) electrons. The van der Waals surface area contributed by atoms with Crippen molar-refractivity contribution < 1.29 is 28.5 Å². The van der Waals surface area contributed by atoms with E-state index in [9.17, 15) is 10.3 Å². The zero-order valence-electron chi connectivity index (χ0n) is 32.5. The smallest absolute Gasteiger partial charge is 0.333 e. The maximum absolute atomic E-state index is 15.3. The van der Waals surface area contributed by atoms with E-state index in [0.717, 1.165) is 24.0 Å². The van der Waals surface area contributed by atoms with Gasteiger partial charge in [-0.2, -0.15) is 0 Å². The van der Waals surface area contributed by atoms with Crippen LogP contribution in [0.15, 0.2) is 63.5 Å². The van der Waals surface area contributed by atoms with Gasteiger partial charge in [-0.1, -0.05) is 40.6 Å². The number of Topliss-reactive ketones (excluding diaryl/α,β-unsaturated/α-hetero) is 1. The quantitative estimate of drug-likeness (QED) is 0.0624. The van der Waals surface area contributed by atoms with E-state index < -0.39 is 40.2 Å². The van der Waals surface area contributed by atoms with E-state index in [1.807, 2.05) is 50.6 Å². The molecule has 7 aliphatic rings. The molecule has 5 heterocycles. The molecule has 9 rings (SSSR count). The fourth-order valence-electron chi connectivity index (χ4n) is 10.3. The Kier molecular flexibility index (Phi) is 8.21. The summed E-state index contributed by atoms with van der Waals surface area (Å²) < 4.78 is 28.9. The number of hydrogen-bond acceptors (Lipinski definition) is 9. The van der Waals surface area contributed by atoms with Crippen LogP contribution >= 0.6 is 0 Å². The van der Waals surface area contributed by atoms with E-state index in [0.29, 0.717) is 58.4 Å². The molecule has 1 saturated heterocycles. The zero-order chi connectivity index (χ0) is 38.5. The van der Waals surface area contributed by atoms with Crippen LogP contribution in [0.1, 0.15) is 104 Å². The second-order valence-electron chi connectivity index (χ2n) is 16.9. The number of aromatic nitrogens is 2. The summed E-state index contributed by atoms with van der Waals surface area (Å²) in [7, 11) is 1.34. The van der Waals surface area contributed by atoms with Gasteiger partial charge in [0.05, 0.1) is 36.1 Å². The van der Waals surface area contributed by atoms with Crippen LogP contribution < -0.4 is 9.47 Å². The number of rotatable bonds is 9. The van der Waals surface area contributed by atoms with Gasteiger partial charge in [0, 0.05) is 57.8 Å². The van der Waals surface area contributed by atoms with Crippen LogP contribution in [0, 0.1) is 17.8 Å². The van der Waals surface area contributed by atoms with E-state index in [2.05, 4.69) is 47.9 Å². The van der Waals surface area contributed by atoms with E-state index in [4.69, 9.17) is 23.9 Å². The third kappa shape index (κ3) is 4.88. The van der Waals surface area contributed by atoms with Crippen LogP contribution in [-0.4, -0.2) is 56.5 Å². The van der Waals surface area contributed by atoms with Gasteiger partial charge in [-0.05, 0) is 92.7 Å². The van der Waals surface area contributed by atoms with E-state index >= 15 is 4.79 Å². The summed E-state index contributed by atoms with van der Waals surface area (Å²) in [5.74, 6) is -0.174. The molecular formula is C42H48N6O6. The van der Waals surface area contributed by atoms with Gasteiger partial charge in [-0.25, -0.2) is 14.8 Å². The number of imidazole rings is 1. The molecule has 4 aliphatic heterocycles. The molecule has 0 amide bonds. The molecule has 12 nitrogen and oxygen atoms in total. The lowest BCUT2D eigenvalue weighted by Gasteiger charge is -2.64. The van der Waals surface area contributed by atoms with Crippen molar-refractivity contribution in [3.63, 3.8) is 0 Å². The first-order valence-corrected chi connectivity index (χ1v) is 18.9. The molecule has 7 atom stereocenters. The first-order valence-electron chi connectivity index (χ1n) is 18.9. The van der Waals surface area contributed by atoms with E-state index in [1.54, 1.807) is 19.2 Å². The molecule has 3 aliphatic carbocycles. The number of benzene rings is 1. The molecule has 1 aromatic carbocycles. The van der Waals surface area contributed by atoms with Gasteiger partial charge in [0.1, 0.15) is 17.1 Å². The third-order valence-corrected chi connectivity index (χ3v) is 12.6. The highest BCUT2D eigenvalue weighted by atomic mass is 16.6. The van der Waals surface area contributed by atoms with Gasteiger partial charge < -0.3 is 23.5 Å². The van der Waals surface area contributed by atoms with Crippen molar-refractivity contribution in [2.24, 2.45) is 27.9 Å². The number of aliphatic imine (C=N–C) groups is 1. The molecular weight excluding hydrogens is 684 g/mol. The van der Waals surface area contributed by atoms with Crippen molar-refractivity contribution >= 4 is 35.2 Å². The van der Waals surface area contributed by atoms with E-state index in [1.165, 1.54) is 12.7 Å². The molecule has 12 heteroatoms. The van der Waals surface area contributed by atoms with Crippen LogP contribution in [-0.2, 0) is 25.5 Å². The average molecular weight is 733 g/mol. The summed E-state index contributed by atoms with van der Waals surface area (Å²) in [6, 6.07) is -0.371. The Hall–Kier alpha value is -4.93. The number of carbonyl (C=O) groups excluding carboxylic acids is 2. The summed E-state index contributed by atoms with van der Waals surface area (Å²) >= 11 is 0. The first kappa shape index (κ1) is 36.1. The topological polar surface area (TPSA) is 150 Å². The molecule has 282 valence electrons. The molecule has 7 unspecified atom stereocenters. The summed E-state index contributed by atoms with van der Waals surface area (Å²) in [5, 5.41) is 4.37. The summed E-state index contributed by atoms with van der Waals surface area (Å²) in [6.07, 6.45) is 16.4. The van der Waals surface area contributed by atoms with Gasteiger partial charge in [0.15, 0.2) is 17.0 Å². The number of nitrogens with zero attached hydrogens (tertiary/aromatic N) is 6. The normalized spacial score (nSPS) is 31.4. The largest absolute Gasteiger partial charge is 0.482 e. The number of carbonyl (C=O) groups is 2. The maximum Gasteiger partial charge on any atom is 0.333 e. The zero-order valence-corrected chi connectivity index (χ0v) is 32.5. The minimum absolute atomic E-state index is 0.0612. The van der Waals surface area contributed by atoms with Crippen LogP contribution in [0.3, 0.4) is 0 Å². The van der Waals surface area contributed by atoms with Crippen LogP contribution in [0.2, 0.25) is 0 Å². The van der Waals surface area contributed by atoms with Crippen molar-refractivity contribution in [1.29, 1.82) is 0 Å². The van der Waals surface area contributed by atoms with Gasteiger partial charge in [0.25, 0.3) is 0 Å². The number of ketones is 1. The number of azide groups is 1. The molecule has 4 fully saturated rings. The summed E-state index contributed by atoms with van der Waals surface area (Å²) in [4.78, 5) is 41.2. The molecule has 3 saturated carbocycles. The second-order valence-corrected chi connectivity index (χ2v) is 16.9. The highest BCUT2D eigenvalue weighted by molar-refractivity contribution is 6.15. The number of hydrogen-bond donors (Lipinski definition) is 0. The number of ether oxygens (including phenoxy) is 4. The number of allylic oxidation sites excluding steroid dienone is 4. The van der Waals surface area contributed by atoms with Gasteiger partial charge in [0.2, 0.25) is 5.95 Å². The van der Waals surface area contributed by atoms with Crippen molar-refractivity contribution in [1.82, 2.24) is 9.55 Å². The van der Waals surface area contributed by atoms with E-state index in [-0.39, 0.29) is 24.2 Å². The third-order valence-electron chi connectivity index (χ3n) is 12.6. The average Bonchev–Trinajstić information content (AvgIpc) is 3.64. The van der Waals surface area contributed by atoms with Crippen molar-refractivity contribution in [3.8, 4) is 11.5 Å². The fourth-order valence-corrected chi connectivity index (χ4v) is 10.3. The van der Waals surface area contributed by atoms with Crippen molar-refractivity contribution in [2.75, 3.05) is 7.11 Å². The molecule has 0 N–H and O–H groups in total. The van der Waals surface area contributed by atoms with Crippen molar-refractivity contribution in [3.05, 3.63) is 80.6 Å². The lowest BCUT2D eigenvalue weighted by Crippen LogP contribution is -2.79. The molecule has 1 spiro atoms. The Morgan fingerprint density at radius 3 is 2.57 bits per heavy atom. The fraction of sp³-hybridized carbons (Fsp3) is 0.524. The predicted molar refractivity (Wildman–Crippen MR) is 204 cm³/mol. The Morgan fingerprint density at radius 1 is 1.11 bits per heavy atom. The SMILES string of the molecule is COC(=O)C(C)=CCC12OC(C)(C)C3CC(C1=O)C1C4C(=Nc5nccn51)c1c(N=[N+]=[N-])c5c(c(CC=C(C)C)c1OC432)OC(C)(CCC=C(C)C)C=C5. The number of methoxy groups -OCH3 is 1. The summed E-state index contributed by atoms with van der Waals surface area (Å²) in [6.45, 7) is 16.1. The predicted octanol–water partition coefficient (Wildman–Crippen LogP) is 8.94. The second kappa shape index (κ2) is 12.3. The number of esters is 1. The molecule has 54 heavy (non-hydrogen) atoms. The molecule has 4 bridgehead atoms. The Bertz CT molecular complexity index is 2210. The Labute approximate surface area is 315 Å². The van der Waals surface area contributed by atoms with Gasteiger partial charge in [-0.15, -0.1) is 0 Å². The monoisotopic (exact) mass is 732 g/mol. The van der Waals surface area contributed by atoms with Crippen LogP contribution in [0.25, 0.3) is 16.5 Å². The van der Waals surface area contributed by atoms with Crippen molar-refractivity contribution in [2.45, 2.75) is 116 Å². The Morgan fingerprint density at radius 2 is 1.87 bits per heavy atom. The minimum atomic E-state index is -1.47. The molecule has 1 aromatic heterocycles. The lowest BCUT2D eigenvalue weighted by atomic mass is 9.44. The summed E-state index contributed by atoms with van der Waals surface area (Å²) in [5.41, 5.74) is 11.7. The molecule has 2 aromatic rings. The standard InChI is InChI=1S/C42H48N6O6/c1-22(2)11-10-16-40(8)17-15-25-31(46-47-43)29-32-30-33(48-20-19-44-38(48)45-32)27-21-28-39(6,7)54-41(36(27)49,18-14-24(5)37(50)51-9)42(28,30)53-35(29)26(34(25)52-40)13-12-23(3)4/h11-12,14-15,17,19-20,27-28,30,33H,10,13,16,18,21H2,1-9H3. The maximum atomic E-state index is 15.3. The highest BCUT2D eigenvalue weighted by Crippen LogP contribution is 2.73. The Balaban J connectivity index is 1.45. The lowest BCUT2D eigenvalue weighted by molar-refractivity contribution is -0.206. The van der Waals surface area contributed by atoms with Crippen LogP contribution in [0.4, 0.5) is 11.6 Å². The highest BCUT2D eigenvalue weighted by Gasteiger charge is 2.85.